The maximum absolute atomic E-state index is 11.6. The molecule has 140 valence electrons. The first kappa shape index (κ1) is 17.3. The normalized spacial score (nSPS) is 50.3. The van der Waals surface area contributed by atoms with E-state index in [4.69, 9.17) is 0 Å². The van der Waals surface area contributed by atoms with Gasteiger partial charge in [-0.05, 0) is 109 Å². The van der Waals surface area contributed by atoms with Crippen molar-refractivity contribution < 1.29 is 9.90 Å². The maximum Gasteiger partial charge on any atom is 0.216 e. The molecule has 0 radical (unpaired) electrons. The lowest BCUT2D eigenvalue weighted by atomic mass is 9.47. The Balaban J connectivity index is 1.47. The van der Waals surface area contributed by atoms with Crippen molar-refractivity contribution in [2.24, 2.45) is 28.6 Å². The number of carbonyl (C=O) groups is 1. The maximum atomic E-state index is 11.6. The lowest BCUT2D eigenvalue weighted by molar-refractivity contribution is -0.106. The fourth-order valence-corrected chi connectivity index (χ4v) is 8.03. The standard InChI is InChI=1S/C23H30O2S/c1-22-11-9-14(19-6-8-21(25)26-19)13-15(22)3-4-16-17-5-7-20(24)23(17,2)12-10-18(16)22/h6,8,13,16-18,20,24H,3-5,7,9-12H2,1-2H3/b19-14-. The molecular formula is C23H30O2S. The first-order valence-corrected chi connectivity index (χ1v) is 11.3. The van der Waals surface area contributed by atoms with Gasteiger partial charge in [0, 0.05) is 4.91 Å². The zero-order chi connectivity index (χ0) is 18.1. The molecule has 0 amide bonds. The lowest BCUT2D eigenvalue weighted by Gasteiger charge is -2.58. The van der Waals surface area contributed by atoms with E-state index in [2.05, 4.69) is 19.9 Å². The highest BCUT2D eigenvalue weighted by Gasteiger charge is 2.58. The molecule has 26 heavy (non-hydrogen) atoms. The van der Waals surface area contributed by atoms with Gasteiger partial charge in [-0.1, -0.05) is 25.5 Å². The summed E-state index contributed by atoms with van der Waals surface area (Å²) >= 11 is 1.40. The van der Waals surface area contributed by atoms with Gasteiger partial charge < -0.3 is 5.11 Å². The van der Waals surface area contributed by atoms with Crippen LogP contribution in [0.4, 0.5) is 0 Å². The van der Waals surface area contributed by atoms with Gasteiger partial charge in [-0.15, -0.1) is 0 Å². The molecule has 0 aromatic heterocycles. The molecule has 6 atom stereocenters. The SMILES string of the molecule is CC12CC/C(=C3\C=CC(=O)S3)C=C1CCC1C2CCC2(C)C(O)CCC12. The Bertz CT molecular complexity index is 747. The fourth-order valence-electron chi connectivity index (χ4n) is 7.25. The number of rotatable bonds is 0. The summed E-state index contributed by atoms with van der Waals surface area (Å²) in [7, 11) is 0. The predicted octanol–water partition coefficient (Wildman–Crippen LogP) is 5.39. The smallest absolute Gasteiger partial charge is 0.216 e. The van der Waals surface area contributed by atoms with Crippen LogP contribution in [0.5, 0.6) is 0 Å². The molecule has 3 saturated carbocycles. The minimum absolute atomic E-state index is 0.0791. The molecule has 4 aliphatic carbocycles. The van der Waals surface area contributed by atoms with E-state index in [0.29, 0.717) is 5.41 Å². The van der Waals surface area contributed by atoms with E-state index in [9.17, 15) is 9.90 Å². The van der Waals surface area contributed by atoms with Gasteiger partial charge in [0.1, 0.15) is 0 Å². The van der Waals surface area contributed by atoms with Crippen LogP contribution in [-0.4, -0.2) is 16.3 Å². The monoisotopic (exact) mass is 370 g/mol. The number of fused-ring (bicyclic) bond motifs is 5. The van der Waals surface area contributed by atoms with Crippen LogP contribution in [0.1, 0.15) is 65.2 Å². The third-order valence-corrected chi connectivity index (χ3v) is 9.80. The summed E-state index contributed by atoms with van der Waals surface area (Å²) in [6.07, 6.45) is 15.7. The highest BCUT2D eigenvalue weighted by molar-refractivity contribution is 8.17. The Hall–Kier alpha value is -0.800. The van der Waals surface area contributed by atoms with Gasteiger partial charge in [-0.25, -0.2) is 0 Å². The van der Waals surface area contributed by atoms with Crippen LogP contribution in [0.3, 0.4) is 0 Å². The summed E-state index contributed by atoms with van der Waals surface area (Å²) in [5.74, 6) is 2.30. The molecule has 3 fully saturated rings. The molecule has 5 rings (SSSR count). The molecule has 0 aromatic carbocycles. The van der Waals surface area contributed by atoms with Crippen molar-refractivity contribution in [2.45, 2.75) is 71.3 Å². The number of hydrogen-bond acceptors (Lipinski definition) is 3. The van der Waals surface area contributed by atoms with Crippen LogP contribution < -0.4 is 0 Å². The molecule has 0 saturated heterocycles. The van der Waals surface area contributed by atoms with E-state index in [-0.39, 0.29) is 16.6 Å². The first-order chi connectivity index (χ1) is 12.4. The van der Waals surface area contributed by atoms with Crippen LogP contribution in [-0.2, 0) is 4.79 Å². The average molecular weight is 371 g/mol. The van der Waals surface area contributed by atoms with Crippen molar-refractivity contribution in [1.82, 2.24) is 0 Å². The van der Waals surface area contributed by atoms with E-state index < -0.39 is 0 Å². The summed E-state index contributed by atoms with van der Waals surface area (Å²) < 4.78 is 0. The van der Waals surface area contributed by atoms with Gasteiger partial charge in [0.05, 0.1) is 6.10 Å². The molecule has 1 N–H and O–H groups in total. The van der Waals surface area contributed by atoms with Crippen molar-refractivity contribution >= 4 is 16.9 Å². The molecule has 6 unspecified atom stereocenters. The third-order valence-electron chi connectivity index (χ3n) is 8.85. The molecule has 1 aliphatic heterocycles. The minimum atomic E-state index is -0.0791. The fraction of sp³-hybridized carbons (Fsp3) is 0.696. The summed E-state index contributed by atoms with van der Waals surface area (Å²) in [5, 5.41) is 10.8. The molecule has 5 aliphatic rings. The molecule has 0 aromatic rings. The van der Waals surface area contributed by atoms with Gasteiger partial charge in [-0.2, -0.15) is 0 Å². The van der Waals surface area contributed by atoms with Crippen molar-refractivity contribution in [1.29, 1.82) is 0 Å². The van der Waals surface area contributed by atoms with Crippen molar-refractivity contribution in [2.75, 3.05) is 0 Å². The lowest BCUT2D eigenvalue weighted by Crippen LogP contribution is -2.50. The number of thioether (sulfide) groups is 1. The Morgan fingerprint density at radius 2 is 1.88 bits per heavy atom. The number of aliphatic hydroxyl groups excluding tert-OH is 1. The number of carbonyl (C=O) groups excluding carboxylic acids is 1. The number of hydrogen-bond donors (Lipinski definition) is 1. The summed E-state index contributed by atoms with van der Waals surface area (Å²) in [4.78, 5) is 12.8. The van der Waals surface area contributed by atoms with E-state index in [0.717, 1.165) is 30.6 Å². The van der Waals surface area contributed by atoms with Crippen molar-refractivity contribution in [3.63, 3.8) is 0 Å². The van der Waals surface area contributed by atoms with Crippen LogP contribution >= 0.6 is 11.8 Å². The van der Waals surface area contributed by atoms with Gasteiger partial charge >= 0.3 is 0 Å². The first-order valence-electron chi connectivity index (χ1n) is 10.4. The molecule has 0 spiro atoms. The van der Waals surface area contributed by atoms with Crippen LogP contribution in [0.2, 0.25) is 0 Å². The van der Waals surface area contributed by atoms with E-state index in [1.165, 1.54) is 60.8 Å². The molecular weight excluding hydrogens is 340 g/mol. The Morgan fingerprint density at radius 3 is 2.65 bits per heavy atom. The Labute approximate surface area is 161 Å². The summed E-state index contributed by atoms with van der Waals surface area (Å²) in [6, 6.07) is 0. The van der Waals surface area contributed by atoms with Crippen molar-refractivity contribution in [3.8, 4) is 0 Å². The molecule has 1 heterocycles. The minimum Gasteiger partial charge on any atom is -0.393 e. The zero-order valence-electron chi connectivity index (χ0n) is 16.0. The van der Waals surface area contributed by atoms with Gasteiger partial charge in [0.15, 0.2) is 0 Å². The summed E-state index contributed by atoms with van der Waals surface area (Å²) in [5.41, 5.74) is 3.54. The van der Waals surface area contributed by atoms with Crippen molar-refractivity contribution in [3.05, 3.63) is 34.3 Å². The quantitative estimate of drug-likeness (QED) is 0.621. The van der Waals surface area contributed by atoms with E-state index in [1.807, 2.05) is 6.08 Å². The molecule has 3 heteroatoms. The van der Waals surface area contributed by atoms with Gasteiger partial charge in [0.25, 0.3) is 0 Å². The largest absolute Gasteiger partial charge is 0.393 e. The topological polar surface area (TPSA) is 37.3 Å². The second kappa shape index (κ2) is 5.85. The van der Waals surface area contributed by atoms with Gasteiger partial charge in [-0.3, -0.25) is 4.79 Å². The zero-order valence-corrected chi connectivity index (χ0v) is 16.8. The predicted molar refractivity (Wildman–Crippen MR) is 106 cm³/mol. The van der Waals surface area contributed by atoms with Crippen LogP contribution in [0.15, 0.2) is 34.3 Å². The highest BCUT2D eigenvalue weighted by atomic mass is 32.2. The Morgan fingerprint density at radius 1 is 1.04 bits per heavy atom. The average Bonchev–Trinajstić information content (AvgIpc) is 3.18. The third kappa shape index (κ3) is 2.32. The molecule has 2 nitrogen and oxygen atoms in total. The van der Waals surface area contributed by atoms with Crippen LogP contribution in [0, 0.1) is 28.6 Å². The van der Waals surface area contributed by atoms with Gasteiger partial charge in [0.2, 0.25) is 5.12 Å². The highest BCUT2D eigenvalue weighted by Crippen LogP contribution is 2.65. The van der Waals surface area contributed by atoms with Crippen LogP contribution in [0.25, 0.3) is 0 Å². The molecule has 0 bridgehead atoms. The second-order valence-electron chi connectivity index (χ2n) is 9.78. The second-order valence-corrected chi connectivity index (χ2v) is 10.8. The van der Waals surface area contributed by atoms with E-state index >= 15 is 0 Å². The van der Waals surface area contributed by atoms with E-state index in [1.54, 1.807) is 11.6 Å². The Kier molecular flexibility index (Phi) is 3.89. The summed E-state index contributed by atoms with van der Waals surface area (Å²) in [6.45, 7) is 4.89. The number of aliphatic hydroxyl groups is 1. The number of allylic oxidation sites excluding steroid dienone is 4.